The first-order valence-corrected chi connectivity index (χ1v) is 9.46. The molecule has 134 valence electrons. The normalized spacial score (nSPS) is 14.1. The Kier molecular flexibility index (Phi) is 4.46. The first-order valence-electron chi connectivity index (χ1n) is 8.58. The number of benzene rings is 1. The highest BCUT2D eigenvalue weighted by atomic mass is 32.1. The number of amides is 1. The van der Waals surface area contributed by atoms with E-state index in [0.717, 1.165) is 42.8 Å². The number of ether oxygens (including phenoxy) is 1. The number of rotatable bonds is 4. The number of aromatic amines is 1. The first kappa shape index (κ1) is 16.8. The fraction of sp³-hybridized carbons (Fsp3) is 0.316. The topological polar surface area (TPSA) is 75.3 Å². The van der Waals surface area contributed by atoms with E-state index >= 15 is 0 Å². The maximum absolute atomic E-state index is 12.6. The first-order chi connectivity index (χ1) is 12.7. The maximum Gasteiger partial charge on any atom is 0.260 e. The summed E-state index contributed by atoms with van der Waals surface area (Å²) in [5, 5.41) is 2.50. The van der Waals surface area contributed by atoms with E-state index in [0.29, 0.717) is 16.0 Å². The van der Waals surface area contributed by atoms with E-state index in [4.69, 9.17) is 4.74 Å². The molecule has 0 bridgehead atoms. The second-order valence-corrected chi connectivity index (χ2v) is 7.19. The van der Waals surface area contributed by atoms with E-state index < -0.39 is 0 Å². The van der Waals surface area contributed by atoms with Crippen molar-refractivity contribution in [2.75, 3.05) is 20.2 Å². The van der Waals surface area contributed by atoms with E-state index in [2.05, 4.69) is 9.97 Å². The molecule has 4 rings (SSSR count). The van der Waals surface area contributed by atoms with Gasteiger partial charge in [0.05, 0.1) is 18.9 Å². The minimum Gasteiger partial charge on any atom is -0.497 e. The molecule has 2 aromatic heterocycles. The zero-order valence-corrected chi connectivity index (χ0v) is 15.3. The van der Waals surface area contributed by atoms with Gasteiger partial charge in [-0.25, -0.2) is 4.98 Å². The average Bonchev–Trinajstić information content (AvgIpc) is 3.32. The zero-order chi connectivity index (χ0) is 18.1. The Balaban J connectivity index is 1.66. The third-order valence-corrected chi connectivity index (χ3v) is 5.54. The van der Waals surface area contributed by atoms with E-state index in [9.17, 15) is 9.59 Å². The molecule has 0 saturated carbocycles. The molecule has 1 N–H and O–H groups in total. The predicted molar refractivity (Wildman–Crippen MR) is 102 cm³/mol. The van der Waals surface area contributed by atoms with Gasteiger partial charge in [-0.05, 0) is 30.5 Å². The largest absolute Gasteiger partial charge is 0.497 e. The number of carbonyl (C=O) groups excluding carboxylic acids is 1. The lowest BCUT2D eigenvalue weighted by molar-refractivity contribution is -0.129. The minimum atomic E-state index is -0.203. The van der Waals surface area contributed by atoms with Gasteiger partial charge in [0, 0.05) is 24.0 Å². The average molecular weight is 369 g/mol. The molecule has 3 heterocycles. The van der Waals surface area contributed by atoms with E-state index in [1.165, 1.54) is 11.3 Å². The number of aromatic nitrogens is 2. The van der Waals surface area contributed by atoms with Gasteiger partial charge in [0.2, 0.25) is 5.91 Å². The molecule has 1 aromatic carbocycles. The number of thiophene rings is 1. The summed E-state index contributed by atoms with van der Waals surface area (Å²) in [6.07, 6.45) is 2.23. The molecule has 1 fully saturated rings. The van der Waals surface area contributed by atoms with Crippen molar-refractivity contribution in [3.05, 3.63) is 45.8 Å². The number of hydrogen-bond donors (Lipinski definition) is 1. The van der Waals surface area contributed by atoms with Crippen molar-refractivity contribution in [2.45, 2.75) is 19.3 Å². The van der Waals surface area contributed by atoms with Crippen LogP contribution >= 0.6 is 11.3 Å². The fourth-order valence-corrected chi connectivity index (χ4v) is 4.25. The van der Waals surface area contributed by atoms with E-state index in [1.54, 1.807) is 7.11 Å². The molecule has 26 heavy (non-hydrogen) atoms. The summed E-state index contributed by atoms with van der Waals surface area (Å²) in [6, 6.07) is 7.57. The number of likely N-dealkylation sites (tertiary alicyclic amines) is 1. The molecule has 0 unspecified atom stereocenters. The number of nitrogens with one attached hydrogen (secondary N) is 1. The number of carbonyl (C=O) groups is 1. The molecule has 7 heteroatoms. The van der Waals surface area contributed by atoms with Crippen LogP contribution in [0.25, 0.3) is 21.3 Å². The number of hydrogen-bond acceptors (Lipinski definition) is 5. The predicted octanol–water partition coefficient (Wildman–Crippen LogP) is 2.83. The van der Waals surface area contributed by atoms with Crippen molar-refractivity contribution < 1.29 is 9.53 Å². The van der Waals surface area contributed by atoms with Gasteiger partial charge in [-0.2, -0.15) is 0 Å². The Labute approximate surface area is 154 Å². The Bertz CT molecular complexity index is 1000. The van der Waals surface area contributed by atoms with Gasteiger partial charge in [0.25, 0.3) is 5.56 Å². The molecule has 1 amide bonds. The van der Waals surface area contributed by atoms with Crippen molar-refractivity contribution in [3.63, 3.8) is 0 Å². The zero-order valence-electron chi connectivity index (χ0n) is 14.4. The van der Waals surface area contributed by atoms with Crippen LogP contribution in [0.15, 0.2) is 34.4 Å². The molecular formula is C19H19N3O3S. The van der Waals surface area contributed by atoms with Crippen LogP contribution in [-0.2, 0) is 11.2 Å². The van der Waals surface area contributed by atoms with Gasteiger partial charge in [-0.15, -0.1) is 11.3 Å². The molecule has 6 nitrogen and oxygen atoms in total. The van der Waals surface area contributed by atoms with Crippen LogP contribution in [0.1, 0.15) is 18.7 Å². The lowest BCUT2D eigenvalue weighted by atomic mass is 10.1. The number of methoxy groups -OCH3 is 1. The van der Waals surface area contributed by atoms with Gasteiger partial charge in [-0.1, -0.05) is 12.1 Å². The van der Waals surface area contributed by atoms with Crippen LogP contribution in [0.4, 0.5) is 0 Å². The van der Waals surface area contributed by atoms with Gasteiger partial charge >= 0.3 is 0 Å². The van der Waals surface area contributed by atoms with Crippen LogP contribution in [0.2, 0.25) is 0 Å². The van der Waals surface area contributed by atoms with E-state index in [-0.39, 0.29) is 17.9 Å². The summed E-state index contributed by atoms with van der Waals surface area (Å²) in [6.45, 7) is 1.60. The molecule has 1 saturated heterocycles. The molecule has 0 spiro atoms. The Morgan fingerprint density at radius 2 is 2.00 bits per heavy atom. The second kappa shape index (κ2) is 6.92. The van der Waals surface area contributed by atoms with Gasteiger partial charge in [0.1, 0.15) is 16.4 Å². The van der Waals surface area contributed by atoms with Crippen molar-refractivity contribution in [1.82, 2.24) is 14.9 Å². The molecule has 1 aliphatic heterocycles. The lowest BCUT2D eigenvalue weighted by Crippen LogP contribution is -2.30. The summed E-state index contributed by atoms with van der Waals surface area (Å²) in [5.74, 6) is 1.22. The molecule has 0 radical (unpaired) electrons. The second-order valence-electron chi connectivity index (χ2n) is 6.34. The molecule has 3 aromatic rings. The third kappa shape index (κ3) is 3.10. The summed E-state index contributed by atoms with van der Waals surface area (Å²) >= 11 is 1.42. The smallest absolute Gasteiger partial charge is 0.260 e. The summed E-state index contributed by atoms with van der Waals surface area (Å²) < 4.78 is 5.18. The molecule has 0 aliphatic carbocycles. The van der Waals surface area contributed by atoms with Crippen molar-refractivity contribution in [3.8, 4) is 16.9 Å². The highest BCUT2D eigenvalue weighted by molar-refractivity contribution is 7.17. The number of H-pyrrole nitrogens is 1. The van der Waals surface area contributed by atoms with Crippen LogP contribution in [0.3, 0.4) is 0 Å². The summed E-state index contributed by atoms with van der Waals surface area (Å²) in [5.41, 5.74) is 1.58. The molecular weight excluding hydrogens is 350 g/mol. The van der Waals surface area contributed by atoms with Gasteiger partial charge in [-0.3, -0.25) is 9.59 Å². The molecule has 0 atom stereocenters. The monoisotopic (exact) mass is 369 g/mol. The third-order valence-electron chi connectivity index (χ3n) is 4.67. The van der Waals surface area contributed by atoms with Crippen LogP contribution in [0, 0.1) is 0 Å². The van der Waals surface area contributed by atoms with Gasteiger partial charge < -0.3 is 14.6 Å². The van der Waals surface area contributed by atoms with Crippen LogP contribution in [0.5, 0.6) is 5.75 Å². The highest BCUT2D eigenvalue weighted by Gasteiger charge is 2.20. The highest BCUT2D eigenvalue weighted by Crippen LogP contribution is 2.31. The standard InChI is InChI=1S/C19H19N3O3S/c1-25-13-6-4-12(5-7-13)14-11-26-19-17(14)18(24)20-15(21-19)10-16(23)22-8-2-3-9-22/h4-7,11H,2-3,8-10H2,1H3,(H,20,21,24). The summed E-state index contributed by atoms with van der Waals surface area (Å²) in [7, 11) is 1.62. The molecule has 1 aliphatic rings. The Morgan fingerprint density at radius 3 is 2.69 bits per heavy atom. The van der Waals surface area contributed by atoms with Crippen LogP contribution < -0.4 is 10.3 Å². The van der Waals surface area contributed by atoms with Crippen LogP contribution in [-0.4, -0.2) is 41.0 Å². The van der Waals surface area contributed by atoms with Crippen molar-refractivity contribution in [2.24, 2.45) is 0 Å². The quantitative estimate of drug-likeness (QED) is 0.767. The van der Waals surface area contributed by atoms with Crippen molar-refractivity contribution in [1.29, 1.82) is 0 Å². The number of nitrogens with zero attached hydrogens (tertiary/aromatic N) is 2. The van der Waals surface area contributed by atoms with Gasteiger partial charge in [0.15, 0.2) is 0 Å². The Hall–Kier alpha value is -2.67. The maximum atomic E-state index is 12.6. The SMILES string of the molecule is COc1ccc(-c2csc3nc(CC(=O)N4CCCC4)[nH]c(=O)c23)cc1. The van der Waals surface area contributed by atoms with Crippen molar-refractivity contribution >= 4 is 27.5 Å². The summed E-state index contributed by atoms with van der Waals surface area (Å²) in [4.78, 5) is 34.7. The lowest BCUT2D eigenvalue weighted by Gasteiger charge is -2.14. The fourth-order valence-electron chi connectivity index (χ4n) is 3.28. The number of fused-ring (bicyclic) bond motifs is 1. The Morgan fingerprint density at radius 1 is 1.27 bits per heavy atom. The van der Waals surface area contributed by atoms with E-state index in [1.807, 2.05) is 34.5 Å². The minimum absolute atomic E-state index is 0.0249.